The molecule has 0 spiro atoms. The van der Waals surface area contributed by atoms with Crippen molar-refractivity contribution in [2.75, 3.05) is 4.90 Å². The molecule has 120 valence electrons. The molecule has 9 heteroatoms. The zero-order chi connectivity index (χ0) is 16.9. The van der Waals surface area contributed by atoms with Gasteiger partial charge in [-0.15, -0.1) is 0 Å². The summed E-state index contributed by atoms with van der Waals surface area (Å²) < 4.78 is 38.3. The Hall–Kier alpha value is -2.71. The third-order valence-electron chi connectivity index (χ3n) is 3.60. The number of rotatable bonds is 2. The molecule has 0 aliphatic carbocycles. The Bertz CT molecular complexity index is 757. The second-order valence-corrected chi connectivity index (χ2v) is 5.10. The quantitative estimate of drug-likeness (QED) is 0.773. The van der Waals surface area contributed by atoms with Crippen molar-refractivity contribution in [3.8, 4) is 0 Å². The Kier molecular flexibility index (Phi) is 3.24. The van der Waals surface area contributed by atoms with Crippen molar-refractivity contribution in [1.82, 2.24) is 0 Å². The molecule has 3 rings (SSSR count). The number of alkyl halides is 3. The van der Waals surface area contributed by atoms with Gasteiger partial charge in [-0.05, 0) is 18.2 Å². The van der Waals surface area contributed by atoms with Crippen LogP contribution in [0.2, 0.25) is 0 Å². The van der Waals surface area contributed by atoms with Gasteiger partial charge in [-0.3, -0.25) is 14.4 Å². The summed E-state index contributed by atoms with van der Waals surface area (Å²) >= 11 is 0. The molecule has 23 heavy (non-hydrogen) atoms. The standard InChI is InChI=1S/C14H9F3N2O4/c1-6(20)10-9-11(23-18-10)13(22)19(12(9)21)8-4-2-3-7(5-8)14(15,16)17/h2-5,9,11H,1H3. The molecule has 0 saturated carbocycles. The fourth-order valence-corrected chi connectivity index (χ4v) is 2.54. The summed E-state index contributed by atoms with van der Waals surface area (Å²) in [6.45, 7) is 1.16. The molecule has 1 aromatic carbocycles. The first-order valence-corrected chi connectivity index (χ1v) is 6.51. The fourth-order valence-electron chi connectivity index (χ4n) is 2.54. The lowest BCUT2D eigenvalue weighted by atomic mass is 9.97. The van der Waals surface area contributed by atoms with E-state index in [2.05, 4.69) is 5.16 Å². The molecule has 1 saturated heterocycles. The molecule has 6 nitrogen and oxygen atoms in total. The first kappa shape index (κ1) is 15.2. The Morgan fingerprint density at radius 1 is 1.26 bits per heavy atom. The van der Waals surface area contributed by atoms with Crippen LogP contribution in [0.5, 0.6) is 0 Å². The summed E-state index contributed by atoms with van der Waals surface area (Å²) in [5.41, 5.74) is -1.42. The third kappa shape index (κ3) is 2.28. The highest BCUT2D eigenvalue weighted by atomic mass is 19.4. The van der Waals surface area contributed by atoms with Gasteiger partial charge in [-0.1, -0.05) is 11.2 Å². The van der Waals surface area contributed by atoms with Crippen LogP contribution in [-0.2, 0) is 25.4 Å². The largest absolute Gasteiger partial charge is 0.416 e. The van der Waals surface area contributed by atoms with E-state index in [0.717, 1.165) is 19.1 Å². The molecule has 0 aromatic heterocycles. The van der Waals surface area contributed by atoms with Crippen LogP contribution < -0.4 is 4.90 Å². The minimum Gasteiger partial charge on any atom is -0.381 e. The number of halogens is 3. The smallest absolute Gasteiger partial charge is 0.381 e. The van der Waals surface area contributed by atoms with Crippen LogP contribution in [0.1, 0.15) is 12.5 Å². The fraction of sp³-hybridized carbons (Fsp3) is 0.286. The number of anilines is 1. The number of carbonyl (C=O) groups excluding carboxylic acids is 3. The van der Waals surface area contributed by atoms with Crippen LogP contribution in [-0.4, -0.2) is 29.4 Å². The van der Waals surface area contributed by atoms with E-state index in [1.54, 1.807) is 0 Å². The predicted molar refractivity (Wildman–Crippen MR) is 70.4 cm³/mol. The number of nitrogens with zero attached hydrogens (tertiary/aromatic N) is 2. The summed E-state index contributed by atoms with van der Waals surface area (Å²) in [5, 5.41) is 3.42. The number of fused-ring (bicyclic) bond motifs is 1. The molecular weight excluding hydrogens is 317 g/mol. The number of hydrogen-bond acceptors (Lipinski definition) is 5. The summed E-state index contributed by atoms with van der Waals surface area (Å²) in [4.78, 5) is 41.5. The van der Waals surface area contributed by atoms with Crippen molar-refractivity contribution in [1.29, 1.82) is 0 Å². The van der Waals surface area contributed by atoms with Crippen molar-refractivity contribution in [2.24, 2.45) is 11.1 Å². The lowest BCUT2D eigenvalue weighted by molar-refractivity contribution is -0.137. The number of carbonyl (C=O) groups is 3. The van der Waals surface area contributed by atoms with E-state index in [-0.39, 0.29) is 11.4 Å². The van der Waals surface area contributed by atoms with E-state index in [0.29, 0.717) is 11.0 Å². The van der Waals surface area contributed by atoms with E-state index in [4.69, 9.17) is 4.84 Å². The molecule has 0 bridgehead atoms. The number of imide groups is 1. The third-order valence-corrected chi connectivity index (χ3v) is 3.60. The number of ketones is 1. The first-order valence-electron chi connectivity index (χ1n) is 6.51. The van der Waals surface area contributed by atoms with Crippen molar-refractivity contribution in [3.63, 3.8) is 0 Å². The highest BCUT2D eigenvalue weighted by Gasteiger charge is 2.57. The van der Waals surface area contributed by atoms with E-state index in [1.165, 1.54) is 6.07 Å². The van der Waals surface area contributed by atoms with Crippen molar-refractivity contribution in [3.05, 3.63) is 29.8 Å². The molecular formula is C14H9F3N2O4. The topological polar surface area (TPSA) is 76.0 Å². The van der Waals surface area contributed by atoms with Crippen molar-refractivity contribution >= 4 is 29.0 Å². The maximum atomic E-state index is 12.8. The van der Waals surface area contributed by atoms with Gasteiger partial charge in [0.2, 0.25) is 12.0 Å². The number of benzene rings is 1. The number of Topliss-reactive ketones (excluding diaryl/α,β-unsaturated/α-hetero) is 1. The van der Waals surface area contributed by atoms with Gasteiger partial charge in [0.25, 0.3) is 5.91 Å². The number of oxime groups is 1. The monoisotopic (exact) mass is 326 g/mol. The van der Waals surface area contributed by atoms with Gasteiger partial charge in [-0.2, -0.15) is 13.2 Å². The van der Waals surface area contributed by atoms with Gasteiger partial charge in [-0.25, -0.2) is 4.90 Å². The van der Waals surface area contributed by atoms with Gasteiger partial charge in [0.05, 0.1) is 11.3 Å². The Morgan fingerprint density at radius 2 is 1.96 bits per heavy atom. The number of hydrogen-bond donors (Lipinski definition) is 0. The average molecular weight is 326 g/mol. The molecule has 2 aliphatic rings. The Morgan fingerprint density at radius 3 is 2.57 bits per heavy atom. The molecule has 2 aliphatic heterocycles. The normalized spacial score (nSPS) is 23.7. The van der Waals surface area contributed by atoms with Crippen LogP contribution in [0.25, 0.3) is 0 Å². The lowest BCUT2D eigenvalue weighted by Crippen LogP contribution is -2.34. The highest BCUT2D eigenvalue weighted by molar-refractivity contribution is 6.47. The summed E-state index contributed by atoms with van der Waals surface area (Å²) in [6, 6.07) is 3.82. The first-order chi connectivity index (χ1) is 10.7. The Labute approximate surface area is 127 Å². The van der Waals surface area contributed by atoms with Gasteiger partial charge in [0, 0.05) is 6.92 Å². The van der Waals surface area contributed by atoms with Crippen molar-refractivity contribution < 1.29 is 32.4 Å². The summed E-state index contributed by atoms with van der Waals surface area (Å²) in [5.74, 6) is -3.43. The molecule has 2 atom stereocenters. The van der Waals surface area contributed by atoms with E-state index in [9.17, 15) is 27.6 Å². The zero-order valence-corrected chi connectivity index (χ0v) is 11.6. The summed E-state index contributed by atoms with van der Waals surface area (Å²) in [7, 11) is 0. The maximum absolute atomic E-state index is 12.8. The van der Waals surface area contributed by atoms with Gasteiger partial charge in [0.1, 0.15) is 11.6 Å². The minimum absolute atomic E-state index is 0.206. The Balaban J connectivity index is 2.00. The van der Waals surface area contributed by atoms with Gasteiger partial charge in [0.15, 0.2) is 5.78 Å². The molecule has 0 radical (unpaired) electrons. The van der Waals surface area contributed by atoms with Crippen LogP contribution in [0, 0.1) is 5.92 Å². The zero-order valence-electron chi connectivity index (χ0n) is 11.6. The van der Waals surface area contributed by atoms with Crippen LogP contribution in [0.15, 0.2) is 29.4 Å². The second-order valence-electron chi connectivity index (χ2n) is 5.10. The molecule has 2 heterocycles. The summed E-state index contributed by atoms with van der Waals surface area (Å²) in [6.07, 6.45) is -5.92. The molecule has 0 N–H and O–H groups in total. The lowest BCUT2D eigenvalue weighted by Gasteiger charge is -2.17. The van der Waals surface area contributed by atoms with E-state index >= 15 is 0 Å². The van der Waals surface area contributed by atoms with Crippen LogP contribution >= 0.6 is 0 Å². The maximum Gasteiger partial charge on any atom is 0.416 e. The molecule has 1 fully saturated rings. The van der Waals surface area contributed by atoms with Crippen LogP contribution in [0.3, 0.4) is 0 Å². The molecule has 2 unspecified atom stereocenters. The minimum atomic E-state index is -4.61. The predicted octanol–water partition coefficient (Wildman–Crippen LogP) is 1.54. The highest BCUT2D eigenvalue weighted by Crippen LogP contribution is 2.36. The van der Waals surface area contributed by atoms with Gasteiger partial charge < -0.3 is 4.84 Å². The van der Waals surface area contributed by atoms with E-state index in [1.807, 2.05) is 0 Å². The van der Waals surface area contributed by atoms with Crippen LogP contribution in [0.4, 0.5) is 18.9 Å². The number of amides is 2. The van der Waals surface area contributed by atoms with Crippen molar-refractivity contribution in [2.45, 2.75) is 19.2 Å². The average Bonchev–Trinajstić information content (AvgIpc) is 3.00. The molecule has 1 aromatic rings. The second kappa shape index (κ2) is 4.90. The van der Waals surface area contributed by atoms with E-state index < -0.39 is 41.4 Å². The SMILES string of the molecule is CC(=O)C1=NOC2C(=O)N(c3cccc(C(F)(F)F)c3)C(=O)C12. The molecule has 2 amide bonds. The van der Waals surface area contributed by atoms with Gasteiger partial charge >= 0.3 is 6.18 Å².